The summed E-state index contributed by atoms with van der Waals surface area (Å²) in [6, 6.07) is 11.9. The minimum atomic E-state index is -0.304. The summed E-state index contributed by atoms with van der Waals surface area (Å²) in [5.41, 5.74) is 1.69. The van der Waals surface area contributed by atoms with Gasteiger partial charge in [0.1, 0.15) is 5.75 Å². The van der Waals surface area contributed by atoms with Crippen molar-refractivity contribution in [2.24, 2.45) is 0 Å². The monoisotopic (exact) mass is 374 g/mol. The molecule has 2 aromatic carbocycles. The Morgan fingerprint density at radius 3 is 2.31 bits per heavy atom. The molecule has 0 spiro atoms. The summed E-state index contributed by atoms with van der Waals surface area (Å²) in [7, 11) is 0. The first kappa shape index (κ1) is 19.8. The van der Waals surface area contributed by atoms with Crippen LogP contribution in [0, 0.1) is 6.92 Å². The molecule has 0 bridgehead atoms. The number of carbonyl (C=O) groups excluding carboxylic acids is 2. The van der Waals surface area contributed by atoms with Gasteiger partial charge >= 0.3 is 0 Å². The Morgan fingerprint density at radius 1 is 1.08 bits per heavy atom. The molecule has 0 aliphatic carbocycles. The van der Waals surface area contributed by atoms with Crippen molar-refractivity contribution in [3.8, 4) is 5.75 Å². The average molecular weight is 375 g/mol. The largest absolute Gasteiger partial charge is 0.483 e. The topological polar surface area (TPSA) is 67.4 Å². The van der Waals surface area contributed by atoms with Crippen LogP contribution in [0.3, 0.4) is 0 Å². The first-order valence-electron chi connectivity index (χ1n) is 8.25. The molecule has 5 nitrogen and oxygen atoms in total. The van der Waals surface area contributed by atoms with Crippen LogP contribution in [0.1, 0.15) is 36.7 Å². The number of rotatable bonds is 5. The van der Waals surface area contributed by atoms with Crippen LogP contribution in [0.25, 0.3) is 0 Å². The van der Waals surface area contributed by atoms with E-state index in [0.29, 0.717) is 22.0 Å². The van der Waals surface area contributed by atoms with Crippen LogP contribution in [0.2, 0.25) is 5.02 Å². The quantitative estimate of drug-likeness (QED) is 0.824. The van der Waals surface area contributed by atoms with Gasteiger partial charge in [0, 0.05) is 21.8 Å². The van der Waals surface area contributed by atoms with E-state index < -0.39 is 0 Å². The molecule has 26 heavy (non-hydrogen) atoms. The molecule has 6 heteroatoms. The Kier molecular flexibility index (Phi) is 6.27. The maximum atomic E-state index is 12.1. The van der Waals surface area contributed by atoms with Gasteiger partial charge in [-0.25, -0.2) is 0 Å². The van der Waals surface area contributed by atoms with Crippen molar-refractivity contribution in [2.45, 2.75) is 33.2 Å². The zero-order valence-electron chi connectivity index (χ0n) is 15.4. The highest BCUT2D eigenvalue weighted by Gasteiger charge is 2.15. The molecule has 2 N–H and O–H groups in total. The number of nitrogens with one attached hydrogen (secondary N) is 2. The first-order chi connectivity index (χ1) is 12.1. The second-order valence-corrected chi connectivity index (χ2v) is 7.46. The lowest BCUT2D eigenvalue weighted by atomic mass is 10.1. The number of carbonyl (C=O) groups is 2. The molecule has 0 heterocycles. The Balaban J connectivity index is 1.90. The summed E-state index contributed by atoms with van der Waals surface area (Å²) >= 11 is 5.89. The van der Waals surface area contributed by atoms with Gasteiger partial charge in [-0.15, -0.1) is 0 Å². The minimum Gasteiger partial charge on any atom is -0.483 e. The number of benzene rings is 2. The van der Waals surface area contributed by atoms with Gasteiger partial charge < -0.3 is 15.4 Å². The van der Waals surface area contributed by atoms with Crippen LogP contribution in [-0.2, 0) is 4.79 Å². The zero-order chi connectivity index (χ0) is 19.3. The number of hydrogen-bond donors (Lipinski definition) is 2. The predicted molar refractivity (Wildman–Crippen MR) is 104 cm³/mol. The lowest BCUT2D eigenvalue weighted by Gasteiger charge is -2.20. The van der Waals surface area contributed by atoms with Crippen molar-refractivity contribution in [3.63, 3.8) is 0 Å². The number of hydrogen-bond acceptors (Lipinski definition) is 3. The van der Waals surface area contributed by atoms with E-state index in [1.807, 2.05) is 27.7 Å². The second-order valence-electron chi connectivity index (χ2n) is 7.03. The first-order valence-corrected chi connectivity index (χ1v) is 8.63. The maximum absolute atomic E-state index is 12.1. The molecule has 2 amide bonds. The molecule has 2 aromatic rings. The molecule has 2 rings (SSSR count). The molecule has 0 atom stereocenters. The van der Waals surface area contributed by atoms with E-state index in [2.05, 4.69) is 10.6 Å². The third kappa shape index (κ3) is 6.08. The van der Waals surface area contributed by atoms with Crippen molar-refractivity contribution in [3.05, 3.63) is 58.6 Å². The molecule has 0 aliphatic heterocycles. The number of aryl methyl sites for hydroxylation is 1. The molecule has 0 unspecified atom stereocenters. The van der Waals surface area contributed by atoms with Crippen molar-refractivity contribution >= 4 is 29.1 Å². The number of ether oxygens (including phenoxy) is 1. The second kappa shape index (κ2) is 8.23. The standard InChI is InChI=1S/C20H23ClN2O3/c1-13-11-15(21)7-10-17(13)26-12-18(24)22-16-8-5-14(6-9-16)19(25)23-20(2,3)4/h5-11H,12H2,1-4H3,(H,22,24)(H,23,25). The highest BCUT2D eigenvalue weighted by molar-refractivity contribution is 6.30. The normalized spacial score (nSPS) is 11.0. The fraction of sp³-hybridized carbons (Fsp3) is 0.300. The Hall–Kier alpha value is -2.53. The van der Waals surface area contributed by atoms with Crippen LogP contribution in [0.5, 0.6) is 5.75 Å². The van der Waals surface area contributed by atoms with Gasteiger partial charge in [-0.2, -0.15) is 0 Å². The molecular weight excluding hydrogens is 352 g/mol. The summed E-state index contributed by atoms with van der Waals surface area (Å²) in [6.07, 6.45) is 0. The molecule has 0 saturated carbocycles. The van der Waals surface area contributed by atoms with E-state index in [1.165, 1.54) is 0 Å². The van der Waals surface area contributed by atoms with Crippen LogP contribution < -0.4 is 15.4 Å². The van der Waals surface area contributed by atoms with Crippen LogP contribution >= 0.6 is 11.6 Å². The van der Waals surface area contributed by atoms with E-state index in [9.17, 15) is 9.59 Å². The number of anilines is 1. The zero-order valence-corrected chi connectivity index (χ0v) is 16.1. The summed E-state index contributed by atoms with van der Waals surface area (Å²) in [4.78, 5) is 24.1. The molecular formula is C20H23ClN2O3. The molecule has 0 aliphatic rings. The lowest BCUT2D eigenvalue weighted by molar-refractivity contribution is -0.118. The van der Waals surface area contributed by atoms with Crippen LogP contribution in [0.4, 0.5) is 5.69 Å². The molecule has 0 saturated heterocycles. The average Bonchev–Trinajstić information content (AvgIpc) is 2.53. The fourth-order valence-corrected chi connectivity index (χ4v) is 2.46. The maximum Gasteiger partial charge on any atom is 0.262 e. The van der Waals surface area contributed by atoms with E-state index in [4.69, 9.17) is 16.3 Å². The number of amides is 2. The molecule has 138 valence electrons. The van der Waals surface area contributed by atoms with Gasteiger partial charge in [-0.3, -0.25) is 9.59 Å². The minimum absolute atomic E-state index is 0.116. The van der Waals surface area contributed by atoms with Crippen molar-refractivity contribution < 1.29 is 14.3 Å². The molecule has 0 aromatic heterocycles. The SMILES string of the molecule is Cc1cc(Cl)ccc1OCC(=O)Nc1ccc(C(=O)NC(C)(C)C)cc1. The third-order valence-electron chi connectivity index (χ3n) is 3.42. The van der Waals surface area contributed by atoms with E-state index >= 15 is 0 Å². The van der Waals surface area contributed by atoms with E-state index in [0.717, 1.165) is 5.56 Å². The fourth-order valence-electron chi connectivity index (χ4n) is 2.23. The Labute approximate surface area is 158 Å². The highest BCUT2D eigenvalue weighted by Crippen LogP contribution is 2.21. The van der Waals surface area contributed by atoms with Crippen molar-refractivity contribution in [1.29, 1.82) is 0 Å². The van der Waals surface area contributed by atoms with Crippen molar-refractivity contribution in [2.75, 3.05) is 11.9 Å². The van der Waals surface area contributed by atoms with Gasteiger partial charge in [0.05, 0.1) is 0 Å². The van der Waals surface area contributed by atoms with Gasteiger partial charge in [0.25, 0.3) is 11.8 Å². The predicted octanol–water partition coefficient (Wildman–Crippen LogP) is 4.19. The lowest BCUT2D eigenvalue weighted by Crippen LogP contribution is -2.40. The van der Waals surface area contributed by atoms with Gasteiger partial charge in [0.15, 0.2) is 6.61 Å². The van der Waals surface area contributed by atoms with E-state index in [-0.39, 0.29) is 24.0 Å². The van der Waals surface area contributed by atoms with Crippen molar-refractivity contribution in [1.82, 2.24) is 5.32 Å². The summed E-state index contributed by atoms with van der Waals surface area (Å²) in [6.45, 7) is 7.50. The Morgan fingerprint density at radius 2 is 1.73 bits per heavy atom. The van der Waals surface area contributed by atoms with Gasteiger partial charge in [-0.1, -0.05) is 11.6 Å². The van der Waals surface area contributed by atoms with Crippen LogP contribution in [-0.4, -0.2) is 24.0 Å². The summed E-state index contributed by atoms with van der Waals surface area (Å²) in [5, 5.41) is 6.24. The van der Waals surface area contributed by atoms with Gasteiger partial charge in [-0.05, 0) is 75.7 Å². The van der Waals surface area contributed by atoms with Crippen LogP contribution in [0.15, 0.2) is 42.5 Å². The third-order valence-corrected chi connectivity index (χ3v) is 3.65. The Bertz CT molecular complexity index is 796. The molecule has 0 fully saturated rings. The summed E-state index contributed by atoms with van der Waals surface area (Å²) < 4.78 is 5.51. The van der Waals surface area contributed by atoms with E-state index in [1.54, 1.807) is 42.5 Å². The molecule has 0 radical (unpaired) electrons. The summed E-state index contributed by atoms with van der Waals surface area (Å²) in [5.74, 6) is 0.168. The van der Waals surface area contributed by atoms with Gasteiger partial charge in [0.2, 0.25) is 0 Å². The highest BCUT2D eigenvalue weighted by atomic mass is 35.5. The number of halogens is 1. The smallest absolute Gasteiger partial charge is 0.262 e.